The minimum absolute atomic E-state index is 0.376. The third-order valence-electron chi connectivity index (χ3n) is 2.69. The fraction of sp³-hybridized carbons (Fsp3) is 0.800. The average molecular weight is 188 g/mol. The molecule has 0 aromatic heterocycles. The highest BCUT2D eigenvalue weighted by atomic mass is 35.5. The molecule has 12 heavy (non-hydrogen) atoms. The summed E-state index contributed by atoms with van der Waals surface area (Å²) in [5, 5.41) is 3.56. The summed E-state index contributed by atoms with van der Waals surface area (Å²) in [5.74, 6) is 0. The number of rotatable bonds is 3. The highest BCUT2D eigenvalue weighted by molar-refractivity contribution is 6.25. The predicted molar refractivity (Wildman–Crippen MR) is 54.5 cm³/mol. The van der Waals surface area contributed by atoms with Gasteiger partial charge >= 0.3 is 0 Å². The molecule has 1 aliphatic rings. The number of nitrogens with one attached hydrogen (secondary N) is 1. The van der Waals surface area contributed by atoms with Crippen LogP contribution in [0.5, 0.6) is 0 Å². The van der Waals surface area contributed by atoms with E-state index in [1.54, 1.807) is 5.54 Å². The minimum Gasteiger partial charge on any atom is -0.308 e. The summed E-state index contributed by atoms with van der Waals surface area (Å²) in [7, 11) is 0. The summed E-state index contributed by atoms with van der Waals surface area (Å²) in [6.07, 6.45) is 5.35. The van der Waals surface area contributed by atoms with E-state index in [4.69, 9.17) is 11.6 Å². The molecule has 70 valence electrons. The molecule has 2 heteroatoms. The Bertz CT molecular complexity index is 169. The summed E-state index contributed by atoms with van der Waals surface area (Å²) < 4.78 is 0. The SMILES string of the molecule is C/C(=C\Cl)CNC1(C)CCCC1. The van der Waals surface area contributed by atoms with Crippen molar-refractivity contribution < 1.29 is 0 Å². The van der Waals surface area contributed by atoms with Gasteiger partial charge in [-0.3, -0.25) is 0 Å². The van der Waals surface area contributed by atoms with Gasteiger partial charge < -0.3 is 5.32 Å². The first-order valence-corrected chi connectivity index (χ1v) is 5.11. The third-order valence-corrected chi connectivity index (χ3v) is 3.06. The Hall–Kier alpha value is -0.0100. The van der Waals surface area contributed by atoms with Gasteiger partial charge in [-0.15, -0.1) is 0 Å². The number of halogens is 1. The Morgan fingerprint density at radius 1 is 1.50 bits per heavy atom. The van der Waals surface area contributed by atoms with Crippen molar-refractivity contribution in [3.05, 3.63) is 11.1 Å². The Kier molecular flexibility index (Phi) is 3.60. The number of hydrogen-bond acceptors (Lipinski definition) is 1. The van der Waals surface area contributed by atoms with Crippen LogP contribution >= 0.6 is 11.6 Å². The third kappa shape index (κ3) is 2.80. The van der Waals surface area contributed by atoms with E-state index in [0.29, 0.717) is 5.54 Å². The number of hydrogen-bond donors (Lipinski definition) is 1. The maximum absolute atomic E-state index is 5.58. The van der Waals surface area contributed by atoms with Gasteiger partial charge in [0, 0.05) is 17.6 Å². The molecule has 0 aromatic rings. The van der Waals surface area contributed by atoms with Gasteiger partial charge in [-0.25, -0.2) is 0 Å². The fourth-order valence-corrected chi connectivity index (χ4v) is 1.80. The van der Waals surface area contributed by atoms with Gasteiger partial charge in [-0.1, -0.05) is 24.4 Å². The maximum atomic E-state index is 5.58. The average Bonchev–Trinajstić information content (AvgIpc) is 2.49. The first kappa shape index (κ1) is 10.1. The molecule has 0 spiro atoms. The van der Waals surface area contributed by atoms with E-state index in [1.165, 1.54) is 31.3 Å². The van der Waals surface area contributed by atoms with E-state index in [1.807, 2.05) is 0 Å². The lowest BCUT2D eigenvalue weighted by atomic mass is 10.0. The van der Waals surface area contributed by atoms with Gasteiger partial charge in [0.2, 0.25) is 0 Å². The molecule has 0 aromatic carbocycles. The van der Waals surface area contributed by atoms with Crippen molar-refractivity contribution in [2.24, 2.45) is 0 Å². The quantitative estimate of drug-likeness (QED) is 0.716. The highest BCUT2D eigenvalue weighted by Crippen LogP contribution is 2.28. The van der Waals surface area contributed by atoms with Crippen LogP contribution in [0.4, 0.5) is 0 Å². The smallest absolute Gasteiger partial charge is 0.0178 e. The van der Waals surface area contributed by atoms with E-state index < -0.39 is 0 Å². The minimum atomic E-state index is 0.376. The molecule has 1 nitrogen and oxygen atoms in total. The normalized spacial score (nSPS) is 23.1. The Morgan fingerprint density at radius 2 is 2.08 bits per heavy atom. The van der Waals surface area contributed by atoms with Gasteiger partial charge in [-0.2, -0.15) is 0 Å². The second kappa shape index (κ2) is 4.29. The zero-order valence-electron chi connectivity index (χ0n) is 7.99. The molecule has 0 saturated heterocycles. The van der Waals surface area contributed by atoms with E-state index in [0.717, 1.165) is 6.54 Å². The van der Waals surface area contributed by atoms with Crippen LogP contribution in [0.15, 0.2) is 11.1 Å². The van der Waals surface area contributed by atoms with Crippen LogP contribution < -0.4 is 5.32 Å². The van der Waals surface area contributed by atoms with Crippen molar-refractivity contribution in [1.29, 1.82) is 0 Å². The molecule has 1 saturated carbocycles. The molecule has 0 aliphatic heterocycles. The van der Waals surface area contributed by atoms with Crippen molar-refractivity contribution in [2.75, 3.05) is 6.54 Å². The molecule has 0 unspecified atom stereocenters. The molecule has 1 aliphatic carbocycles. The first-order chi connectivity index (χ1) is 5.66. The topological polar surface area (TPSA) is 12.0 Å². The second-order valence-electron chi connectivity index (χ2n) is 4.08. The standard InChI is InChI=1S/C10H18ClN/c1-9(7-11)8-12-10(2)5-3-4-6-10/h7,12H,3-6,8H2,1-2H3/b9-7+. The zero-order chi connectivity index (χ0) is 9.03. The molecule has 0 amide bonds. The van der Waals surface area contributed by atoms with E-state index in [2.05, 4.69) is 19.2 Å². The molecule has 1 N–H and O–H groups in total. The summed E-state index contributed by atoms with van der Waals surface area (Å²) in [6, 6.07) is 0. The van der Waals surface area contributed by atoms with Gasteiger partial charge in [0.1, 0.15) is 0 Å². The van der Waals surface area contributed by atoms with Gasteiger partial charge in [-0.05, 0) is 32.3 Å². The summed E-state index contributed by atoms with van der Waals surface area (Å²) in [4.78, 5) is 0. The lowest BCUT2D eigenvalue weighted by Crippen LogP contribution is -2.40. The highest BCUT2D eigenvalue weighted by Gasteiger charge is 2.27. The lowest BCUT2D eigenvalue weighted by Gasteiger charge is -2.25. The Balaban J connectivity index is 2.30. The first-order valence-electron chi connectivity index (χ1n) is 4.67. The van der Waals surface area contributed by atoms with Gasteiger partial charge in [0.05, 0.1) is 0 Å². The van der Waals surface area contributed by atoms with E-state index in [-0.39, 0.29) is 0 Å². The van der Waals surface area contributed by atoms with Crippen molar-refractivity contribution in [1.82, 2.24) is 5.32 Å². The molecular formula is C10H18ClN. The Morgan fingerprint density at radius 3 is 2.58 bits per heavy atom. The molecular weight excluding hydrogens is 170 g/mol. The largest absolute Gasteiger partial charge is 0.308 e. The predicted octanol–water partition coefficient (Wildman–Crippen LogP) is 3.05. The van der Waals surface area contributed by atoms with Crippen LogP contribution in [-0.2, 0) is 0 Å². The zero-order valence-corrected chi connectivity index (χ0v) is 8.75. The lowest BCUT2D eigenvalue weighted by molar-refractivity contribution is 0.379. The van der Waals surface area contributed by atoms with Crippen molar-refractivity contribution in [3.8, 4) is 0 Å². The van der Waals surface area contributed by atoms with Crippen molar-refractivity contribution >= 4 is 11.6 Å². The molecule has 0 heterocycles. The van der Waals surface area contributed by atoms with E-state index >= 15 is 0 Å². The second-order valence-corrected chi connectivity index (χ2v) is 4.29. The van der Waals surface area contributed by atoms with Crippen LogP contribution in [0, 0.1) is 0 Å². The molecule has 0 atom stereocenters. The maximum Gasteiger partial charge on any atom is 0.0178 e. The van der Waals surface area contributed by atoms with E-state index in [9.17, 15) is 0 Å². The fourth-order valence-electron chi connectivity index (χ4n) is 1.72. The molecule has 0 bridgehead atoms. The van der Waals surface area contributed by atoms with Gasteiger partial charge in [0.25, 0.3) is 0 Å². The van der Waals surface area contributed by atoms with Gasteiger partial charge in [0.15, 0.2) is 0 Å². The summed E-state index contributed by atoms with van der Waals surface area (Å²) in [6.45, 7) is 5.29. The van der Waals surface area contributed by atoms with Crippen molar-refractivity contribution in [3.63, 3.8) is 0 Å². The van der Waals surface area contributed by atoms with Crippen LogP contribution in [-0.4, -0.2) is 12.1 Å². The molecule has 1 rings (SSSR count). The molecule has 1 fully saturated rings. The van der Waals surface area contributed by atoms with Crippen LogP contribution in [0.1, 0.15) is 39.5 Å². The molecule has 0 radical (unpaired) electrons. The van der Waals surface area contributed by atoms with Crippen LogP contribution in [0.2, 0.25) is 0 Å². The van der Waals surface area contributed by atoms with Crippen LogP contribution in [0.3, 0.4) is 0 Å². The Labute approximate surface area is 80.2 Å². The van der Waals surface area contributed by atoms with Crippen molar-refractivity contribution in [2.45, 2.75) is 45.1 Å². The summed E-state index contributed by atoms with van der Waals surface area (Å²) >= 11 is 5.58. The summed E-state index contributed by atoms with van der Waals surface area (Å²) in [5.41, 5.74) is 3.25. The van der Waals surface area contributed by atoms with Crippen LogP contribution in [0.25, 0.3) is 0 Å². The monoisotopic (exact) mass is 187 g/mol.